The fourth-order valence-corrected chi connectivity index (χ4v) is 4.33. The lowest BCUT2D eigenvalue weighted by molar-refractivity contribution is -0.137. The second-order valence-corrected chi connectivity index (χ2v) is 9.82. The number of carbonyl (C=O) groups is 4. The van der Waals surface area contributed by atoms with Crippen LogP contribution in [0, 0.1) is 5.92 Å². The zero-order valence-electron chi connectivity index (χ0n) is 20.5. The SMILES string of the molecule is CC(C)[C@@H]1COc2ccc(Cl)cc2C(=O)NCCCCN(C(=O)CCN2CCCC2=O)CC(=O)N1. The van der Waals surface area contributed by atoms with E-state index >= 15 is 0 Å². The Morgan fingerprint density at radius 1 is 1.17 bits per heavy atom. The average Bonchev–Trinajstić information content (AvgIpc) is 3.23. The summed E-state index contributed by atoms with van der Waals surface area (Å²) in [7, 11) is 0. The molecule has 1 aromatic rings. The standard InChI is InChI=1S/C25H35ClN4O5/c1-17(2)20-16-35-21-8-7-18(26)14-19(21)25(34)27-10-3-4-11-30(15-22(31)28-20)24(33)9-13-29-12-5-6-23(29)32/h7-8,14,17,20H,3-6,9-13,15-16H2,1-2H3,(H,27,34)(H,28,31)/t20-/m0/s1. The molecule has 0 aliphatic carbocycles. The maximum Gasteiger partial charge on any atom is 0.255 e. The fourth-order valence-electron chi connectivity index (χ4n) is 4.16. The topological polar surface area (TPSA) is 108 Å². The Bertz CT molecular complexity index is 938. The molecule has 4 amide bonds. The Labute approximate surface area is 211 Å². The van der Waals surface area contributed by atoms with Gasteiger partial charge in [-0.15, -0.1) is 0 Å². The number of amides is 4. The second-order valence-electron chi connectivity index (χ2n) is 9.38. The number of carbonyl (C=O) groups excluding carboxylic acids is 4. The molecule has 2 aliphatic heterocycles. The van der Waals surface area contributed by atoms with E-state index < -0.39 is 0 Å². The number of nitrogens with zero attached hydrogens (tertiary/aromatic N) is 2. The largest absolute Gasteiger partial charge is 0.491 e. The van der Waals surface area contributed by atoms with Crippen molar-refractivity contribution in [3.8, 4) is 5.75 Å². The van der Waals surface area contributed by atoms with Crippen LogP contribution in [0.3, 0.4) is 0 Å². The van der Waals surface area contributed by atoms with E-state index in [-0.39, 0.29) is 55.2 Å². The summed E-state index contributed by atoms with van der Waals surface area (Å²) in [6.45, 7) is 5.88. The van der Waals surface area contributed by atoms with Gasteiger partial charge in [0, 0.05) is 44.0 Å². The van der Waals surface area contributed by atoms with E-state index in [2.05, 4.69) is 10.6 Å². The average molecular weight is 507 g/mol. The highest BCUT2D eigenvalue weighted by Gasteiger charge is 2.25. The third-order valence-corrected chi connectivity index (χ3v) is 6.59. The number of likely N-dealkylation sites (tertiary alicyclic amines) is 1. The number of benzene rings is 1. The van der Waals surface area contributed by atoms with Crippen LogP contribution >= 0.6 is 11.6 Å². The lowest BCUT2D eigenvalue weighted by Crippen LogP contribution is -2.48. The molecule has 1 aromatic carbocycles. The van der Waals surface area contributed by atoms with Crippen molar-refractivity contribution in [3.05, 3.63) is 28.8 Å². The molecule has 1 saturated heterocycles. The monoisotopic (exact) mass is 506 g/mol. The molecule has 0 spiro atoms. The highest BCUT2D eigenvalue weighted by molar-refractivity contribution is 6.31. The van der Waals surface area contributed by atoms with Crippen molar-refractivity contribution in [2.24, 2.45) is 5.92 Å². The van der Waals surface area contributed by atoms with Crippen LogP contribution in [-0.4, -0.2) is 78.8 Å². The van der Waals surface area contributed by atoms with Gasteiger partial charge in [0.25, 0.3) is 5.91 Å². The molecule has 192 valence electrons. The van der Waals surface area contributed by atoms with Crippen LogP contribution in [-0.2, 0) is 14.4 Å². The molecule has 2 aliphatic rings. The highest BCUT2D eigenvalue weighted by atomic mass is 35.5. The van der Waals surface area contributed by atoms with Gasteiger partial charge in [-0.3, -0.25) is 19.2 Å². The molecule has 35 heavy (non-hydrogen) atoms. The van der Waals surface area contributed by atoms with Gasteiger partial charge < -0.3 is 25.2 Å². The molecule has 10 heteroatoms. The van der Waals surface area contributed by atoms with Gasteiger partial charge in [-0.25, -0.2) is 0 Å². The molecule has 0 bridgehead atoms. The second kappa shape index (κ2) is 12.8. The first-order valence-corrected chi connectivity index (χ1v) is 12.7. The Kier molecular flexibility index (Phi) is 9.77. The molecule has 1 fully saturated rings. The van der Waals surface area contributed by atoms with Gasteiger partial charge in [0.2, 0.25) is 17.7 Å². The van der Waals surface area contributed by atoms with Gasteiger partial charge in [-0.2, -0.15) is 0 Å². The van der Waals surface area contributed by atoms with E-state index in [9.17, 15) is 19.2 Å². The zero-order chi connectivity index (χ0) is 25.4. The normalized spacial score (nSPS) is 20.5. The number of nitrogens with one attached hydrogen (secondary N) is 2. The van der Waals surface area contributed by atoms with Gasteiger partial charge in [-0.05, 0) is 43.4 Å². The smallest absolute Gasteiger partial charge is 0.255 e. The summed E-state index contributed by atoms with van der Waals surface area (Å²) in [6.07, 6.45) is 2.78. The van der Waals surface area contributed by atoms with Gasteiger partial charge in [0.05, 0.1) is 18.2 Å². The maximum atomic E-state index is 13.0. The van der Waals surface area contributed by atoms with Crippen molar-refractivity contribution in [1.29, 1.82) is 0 Å². The number of hydrogen-bond acceptors (Lipinski definition) is 5. The first-order valence-electron chi connectivity index (χ1n) is 12.3. The third-order valence-electron chi connectivity index (χ3n) is 6.35. The molecule has 1 atom stereocenters. The van der Waals surface area contributed by atoms with Crippen LogP contribution in [0.15, 0.2) is 18.2 Å². The van der Waals surface area contributed by atoms with Crippen LogP contribution in [0.25, 0.3) is 0 Å². The first-order chi connectivity index (χ1) is 16.7. The van der Waals surface area contributed by atoms with E-state index in [4.69, 9.17) is 16.3 Å². The number of fused-ring (bicyclic) bond motifs is 1. The molecular formula is C25H35ClN4O5. The van der Waals surface area contributed by atoms with E-state index in [1.165, 1.54) is 0 Å². The van der Waals surface area contributed by atoms with Crippen LogP contribution in [0.1, 0.15) is 56.3 Å². The van der Waals surface area contributed by atoms with Crippen molar-refractivity contribution in [1.82, 2.24) is 20.4 Å². The van der Waals surface area contributed by atoms with Crippen LogP contribution in [0.5, 0.6) is 5.75 Å². The maximum absolute atomic E-state index is 13.0. The number of ether oxygens (including phenoxy) is 1. The lowest BCUT2D eigenvalue weighted by Gasteiger charge is -2.27. The van der Waals surface area contributed by atoms with Gasteiger partial charge in [0.1, 0.15) is 12.4 Å². The quantitative estimate of drug-likeness (QED) is 0.651. The minimum absolute atomic E-state index is 0.0598. The van der Waals surface area contributed by atoms with Gasteiger partial charge in [0.15, 0.2) is 0 Å². The summed E-state index contributed by atoms with van der Waals surface area (Å²) in [5.74, 6) is -0.179. The molecule has 0 saturated carbocycles. The predicted molar refractivity (Wildman–Crippen MR) is 132 cm³/mol. The Hall–Kier alpha value is -2.81. The van der Waals surface area contributed by atoms with Crippen molar-refractivity contribution in [3.63, 3.8) is 0 Å². The van der Waals surface area contributed by atoms with Crippen LogP contribution < -0.4 is 15.4 Å². The summed E-state index contributed by atoms with van der Waals surface area (Å²) in [6, 6.07) is 4.56. The lowest BCUT2D eigenvalue weighted by atomic mass is 10.1. The number of halogens is 1. The number of rotatable bonds is 4. The molecule has 2 N–H and O–H groups in total. The van der Waals surface area contributed by atoms with E-state index in [1.807, 2.05) is 13.8 Å². The Morgan fingerprint density at radius 2 is 1.97 bits per heavy atom. The van der Waals surface area contributed by atoms with E-state index in [0.29, 0.717) is 61.8 Å². The van der Waals surface area contributed by atoms with Gasteiger partial charge in [-0.1, -0.05) is 25.4 Å². The molecular weight excluding hydrogens is 472 g/mol. The molecule has 3 rings (SSSR count). The molecule has 9 nitrogen and oxygen atoms in total. The van der Waals surface area contributed by atoms with Crippen molar-refractivity contribution < 1.29 is 23.9 Å². The third kappa shape index (κ3) is 7.85. The minimum atomic E-state index is -0.321. The number of hydrogen-bond donors (Lipinski definition) is 2. The fraction of sp³-hybridized carbons (Fsp3) is 0.600. The first kappa shape index (κ1) is 26.8. The van der Waals surface area contributed by atoms with Crippen LogP contribution in [0.2, 0.25) is 5.02 Å². The molecule has 0 aromatic heterocycles. The zero-order valence-corrected chi connectivity index (χ0v) is 21.2. The van der Waals surface area contributed by atoms with Crippen molar-refractivity contribution in [2.75, 3.05) is 39.3 Å². The summed E-state index contributed by atoms with van der Waals surface area (Å²) in [4.78, 5) is 53.7. The summed E-state index contributed by atoms with van der Waals surface area (Å²) < 4.78 is 5.94. The molecule has 0 radical (unpaired) electrons. The highest BCUT2D eigenvalue weighted by Crippen LogP contribution is 2.24. The summed E-state index contributed by atoms with van der Waals surface area (Å²) in [5.41, 5.74) is 0.342. The minimum Gasteiger partial charge on any atom is -0.491 e. The van der Waals surface area contributed by atoms with E-state index in [0.717, 1.165) is 6.42 Å². The Balaban J connectivity index is 1.71. The predicted octanol–water partition coefficient (Wildman–Crippen LogP) is 2.22. The van der Waals surface area contributed by atoms with E-state index in [1.54, 1.807) is 28.0 Å². The van der Waals surface area contributed by atoms with Gasteiger partial charge >= 0.3 is 0 Å². The molecule has 0 unspecified atom stereocenters. The summed E-state index contributed by atoms with van der Waals surface area (Å²) in [5, 5.41) is 6.29. The van der Waals surface area contributed by atoms with Crippen molar-refractivity contribution >= 4 is 35.2 Å². The van der Waals surface area contributed by atoms with Crippen molar-refractivity contribution in [2.45, 2.75) is 52.0 Å². The summed E-state index contributed by atoms with van der Waals surface area (Å²) >= 11 is 6.10. The Morgan fingerprint density at radius 3 is 2.69 bits per heavy atom. The van der Waals surface area contributed by atoms with Crippen LogP contribution in [0.4, 0.5) is 0 Å². The molecule has 2 heterocycles.